The minimum absolute atomic E-state index is 0.291. The molecule has 2 rings (SSSR count). The summed E-state index contributed by atoms with van der Waals surface area (Å²) in [5.41, 5.74) is 1.14. The van der Waals surface area contributed by atoms with Gasteiger partial charge in [-0.2, -0.15) is 5.26 Å². The molecule has 0 fully saturated rings. The van der Waals surface area contributed by atoms with Crippen LogP contribution < -0.4 is 0 Å². The van der Waals surface area contributed by atoms with Gasteiger partial charge in [0.1, 0.15) is 6.07 Å². The molecule has 0 aliphatic rings. The Morgan fingerprint density at radius 2 is 2.37 bits per heavy atom. The van der Waals surface area contributed by atoms with Gasteiger partial charge in [0.05, 0.1) is 19.2 Å². The van der Waals surface area contributed by atoms with Crippen molar-refractivity contribution in [1.82, 2.24) is 9.55 Å². The molecule has 0 aliphatic carbocycles. The summed E-state index contributed by atoms with van der Waals surface area (Å²) >= 11 is 6.09. The molecule has 0 saturated carbocycles. The van der Waals surface area contributed by atoms with Crippen molar-refractivity contribution in [2.75, 3.05) is 7.11 Å². The number of benzene rings is 1. The highest BCUT2D eigenvalue weighted by molar-refractivity contribution is 6.31. The third kappa shape index (κ3) is 2.75. The van der Waals surface area contributed by atoms with Crippen LogP contribution in [0.2, 0.25) is 5.02 Å². The minimum atomic E-state index is -0.427. The fourth-order valence-corrected chi connectivity index (χ4v) is 1.85. The van der Waals surface area contributed by atoms with Crippen LogP contribution in [0.1, 0.15) is 21.7 Å². The van der Waals surface area contributed by atoms with E-state index in [4.69, 9.17) is 16.9 Å². The number of carbonyl (C=O) groups is 1. The van der Waals surface area contributed by atoms with E-state index in [9.17, 15) is 4.79 Å². The number of nitriles is 1. The van der Waals surface area contributed by atoms with Gasteiger partial charge in [0.25, 0.3) is 0 Å². The van der Waals surface area contributed by atoms with Gasteiger partial charge in [-0.25, -0.2) is 9.78 Å². The molecule has 0 atom stereocenters. The normalized spacial score (nSPS) is 9.95. The summed E-state index contributed by atoms with van der Waals surface area (Å²) in [6.45, 7) is 0.368. The van der Waals surface area contributed by atoms with Crippen LogP contribution in [0.25, 0.3) is 0 Å². The number of aromatic nitrogens is 2. The van der Waals surface area contributed by atoms with Crippen LogP contribution in [-0.2, 0) is 11.3 Å². The molecule has 2 aromatic rings. The number of ether oxygens (including phenoxy) is 1. The van der Waals surface area contributed by atoms with Crippen LogP contribution in [0.4, 0.5) is 0 Å². The number of imidazole rings is 1. The number of esters is 1. The van der Waals surface area contributed by atoms with E-state index in [0.29, 0.717) is 23.0 Å². The van der Waals surface area contributed by atoms with Crippen molar-refractivity contribution < 1.29 is 9.53 Å². The van der Waals surface area contributed by atoms with Crippen molar-refractivity contribution in [1.29, 1.82) is 5.26 Å². The molecule has 5 nitrogen and oxygen atoms in total. The van der Waals surface area contributed by atoms with Crippen molar-refractivity contribution in [3.8, 4) is 6.07 Å². The van der Waals surface area contributed by atoms with Crippen LogP contribution in [0, 0.1) is 11.3 Å². The molecular weight excluding hydrogens is 266 g/mol. The number of rotatable bonds is 3. The van der Waals surface area contributed by atoms with Gasteiger partial charge in [0.15, 0.2) is 0 Å². The molecule has 0 aliphatic heterocycles. The van der Waals surface area contributed by atoms with E-state index in [1.165, 1.54) is 13.3 Å². The van der Waals surface area contributed by atoms with Crippen LogP contribution in [0.5, 0.6) is 0 Å². The largest absolute Gasteiger partial charge is 0.465 e. The number of carbonyl (C=O) groups excluding carboxylic acids is 1. The summed E-state index contributed by atoms with van der Waals surface area (Å²) in [5, 5.41) is 9.41. The molecular formula is C13H10ClN3O2. The van der Waals surface area contributed by atoms with Gasteiger partial charge in [-0.05, 0) is 23.8 Å². The Kier molecular flexibility index (Phi) is 3.83. The lowest BCUT2D eigenvalue weighted by molar-refractivity contribution is 0.0600. The Morgan fingerprint density at radius 1 is 1.58 bits per heavy atom. The molecule has 19 heavy (non-hydrogen) atoms. The Morgan fingerprint density at radius 3 is 3.05 bits per heavy atom. The van der Waals surface area contributed by atoms with E-state index in [-0.39, 0.29) is 0 Å². The standard InChI is InChI=1S/C13H10ClN3O2/c1-19-13(18)9-2-3-11(14)10(6-9)8-17-5-4-16-12(17)7-15/h2-6H,8H2,1H3. The third-order valence-electron chi connectivity index (χ3n) is 2.62. The lowest BCUT2D eigenvalue weighted by atomic mass is 10.1. The highest BCUT2D eigenvalue weighted by atomic mass is 35.5. The maximum Gasteiger partial charge on any atom is 0.337 e. The summed E-state index contributed by atoms with van der Waals surface area (Å²) in [7, 11) is 1.32. The van der Waals surface area contributed by atoms with Crippen molar-refractivity contribution in [3.05, 3.63) is 52.6 Å². The highest BCUT2D eigenvalue weighted by Gasteiger charge is 2.10. The van der Waals surface area contributed by atoms with Gasteiger partial charge < -0.3 is 9.30 Å². The van der Waals surface area contributed by atoms with E-state index in [0.717, 1.165) is 5.56 Å². The molecule has 0 bridgehead atoms. The van der Waals surface area contributed by atoms with E-state index < -0.39 is 5.97 Å². The molecule has 0 N–H and O–H groups in total. The van der Waals surface area contributed by atoms with E-state index >= 15 is 0 Å². The molecule has 1 aromatic carbocycles. The number of hydrogen-bond donors (Lipinski definition) is 0. The molecule has 1 heterocycles. The zero-order valence-corrected chi connectivity index (χ0v) is 10.9. The average Bonchev–Trinajstić information content (AvgIpc) is 2.87. The maximum absolute atomic E-state index is 11.5. The van der Waals surface area contributed by atoms with E-state index in [1.807, 2.05) is 6.07 Å². The summed E-state index contributed by atoms with van der Waals surface area (Å²) in [6, 6.07) is 6.85. The van der Waals surface area contributed by atoms with Crippen molar-refractivity contribution in [3.63, 3.8) is 0 Å². The topological polar surface area (TPSA) is 67.9 Å². The first-order valence-corrected chi connectivity index (χ1v) is 5.81. The first kappa shape index (κ1) is 13.1. The Bertz CT molecular complexity index is 658. The summed E-state index contributed by atoms with van der Waals surface area (Å²) < 4.78 is 6.31. The number of hydrogen-bond acceptors (Lipinski definition) is 4. The molecule has 6 heteroatoms. The van der Waals surface area contributed by atoms with Crippen LogP contribution in [0.15, 0.2) is 30.6 Å². The SMILES string of the molecule is COC(=O)c1ccc(Cl)c(Cn2ccnc2C#N)c1. The molecule has 0 spiro atoms. The zero-order chi connectivity index (χ0) is 13.8. The second-order valence-electron chi connectivity index (χ2n) is 3.79. The molecule has 1 aromatic heterocycles. The van der Waals surface area contributed by atoms with Gasteiger partial charge in [-0.15, -0.1) is 0 Å². The molecule has 0 amide bonds. The van der Waals surface area contributed by atoms with Gasteiger partial charge in [-0.3, -0.25) is 0 Å². The molecule has 0 saturated heterocycles. The summed E-state index contributed by atoms with van der Waals surface area (Å²) in [6.07, 6.45) is 3.22. The monoisotopic (exact) mass is 275 g/mol. The van der Waals surface area contributed by atoms with Gasteiger partial charge in [0.2, 0.25) is 5.82 Å². The van der Waals surface area contributed by atoms with Gasteiger partial charge in [0, 0.05) is 17.4 Å². The van der Waals surface area contributed by atoms with Crippen LogP contribution in [0.3, 0.4) is 0 Å². The fourth-order valence-electron chi connectivity index (χ4n) is 1.67. The third-order valence-corrected chi connectivity index (χ3v) is 2.99. The van der Waals surface area contributed by atoms with Gasteiger partial charge in [-0.1, -0.05) is 11.6 Å². The van der Waals surface area contributed by atoms with Crippen molar-refractivity contribution in [2.24, 2.45) is 0 Å². The smallest absolute Gasteiger partial charge is 0.337 e. The Hall–Kier alpha value is -2.32. The number of methoxy groups -OCH3 is 1. The van der Waals surface area contributed by atoms with Crippen LogP contribution >= 0.6 is 11.6 Å². The van der Waals surface area contributed by atoms with Crippen molar-refractivity contribution in [2.45, 2.75) is 6.54 Å². The molecule has 0 unspecified atom stereocenters. The molecule has 96 valence electrons. The lowest BCUT2D eigenvalue weighted by Crippen LogP contribution is -2.06. The first-order chi connectivity index (χ1) is 9.15. The number of nitrogens with zero attached hydrogens (tertiary/aromatic N) is 3. The number of halogens is 1. The predicted molar refractivity (Wildman–Crippen MR) is 68.8 cm³/mol. The van der Waals surface area contributed by atoms with Crippen LogP contribution in [-0.4, -0.2) is 22.6 Å². The first-order valence-electron chi connectivity index (χ1n) is 5.43. The van der Waals surface area contributed by atoms with Gasteiger partial charge >= 0.3 is 5.97 Å². The quantitative estimate of drug-likeness (QED) is 0.806. The Labute approximate surface area is 115 Å². The average molecular weight is 276 g/mol. The second kappa shape index (κ2) is 5.55. The lowest BCUT2D eigenvalue weighted by Gasteiger charge is -2.08. The fraction of sp³-hybridized carbons (Fsp3) is 0.154. The Balaban J connectivity index is 2.35. The van der Waals surface area contributed by atoms with E-state index in [2.05, 4.69) is 9.72 Å². The van der Waals surface area contributed by atoms with E-state index in [1.54, 1.807) is 29.0 Å². The summed E-state index contributed by atoms with van der Waals surface area (Å²) in [4.78, 5) is 15.4. The zero-order valence-electron chi connectivity index (χ0n) is 10.1. The highest BCUT2D eigenvalue weighted by Crippen LogP contribution is 2.19. The maximum atomic E-state index is 11.5. The second-order valence-corrected chi connectivity index (χ2v) is 4.20. The summed E-state index contributed by atoms with van der Waals surface area (Å²) in [5.74, 6) is -0.136. The predicted octanol–water partition coefficient (Wildman–Crippen LogP) is 2.24. The van der Waals surface area contributed by atoms with Crippen molar-refractivity contribution >= 4 is 17.6 Å². The minimum Gasteiger partial charge on any atom is -0.465 e. The molecule has 0 radical (unpaired) electrons.